The van der Waals surface area contributed by atoms with E-state index in [1.807, 2.05) is 23.6 Å². The molecule has 154 valence electrons. The molecular weight excluding hydrogens is 378 g/mol. The molecule has 0 saturated carbocycles. The minimum Gasteiger partial charge on any atom is -0.478 e. The van der Waals surface area contributed by atoms with Crippen molar-refractivity contribution in [2.45, 2.75) is 38.7 Å². The third-order valence-corrected chi connectivity index (χ3v) is 6.29. The van der Waals surface area contributed by atoms with E-state index in [0.717, 1.165) is 11.6 Å². The summed E-state index contributed by atoms with van der Waals surface area (Å²) in [6.07, 6.45) is -0.603. The summed E-state index contributed by atoms with van der Waals surface area (Å²) in [5.41, 5.74) is 2.21. The second kappa shape index (κ2) is 8.20. The molecule has 9 heteroatoms. The molecule has 0 spiro atoms. The van der Waals surface area contributed by atoms with Gasteiger partial charge in [0.05, 0.1) is 29.8 Å². The Hall–Kier alpha value is -1.94. The van der Waals surface area contributed by atoms with Crippen molar-refractivity contribution < 1.29 is 24.1 Å². The fourth-order valence-corrected chi connectivity index (χ4v) is 3.88. The van der Waals surface area contributed by atoms with E-state index in [-0.39, 0.29) is 5.56 Å². The number of anilines is 1. The number of carbonyl (C=O) groups is 1. The molecule has 0 atom stereocenters. The van der Waals surface area contributed by atoms with Crippen LogP contribution in [0, 0.1) is 0 Å². The van der Waals surface area contributed by atoms with Crippen LogP contribution in [0.5, 0.6) is 0 Å². The predicted molar refractivity (Wildman–Crippen MR) is 110 cm³/mol. The van der Waals surface area contributed by atoms with Crippen LogP contribution in [0.1, 0.15) is 22.2 Å². The van der Waals surface area contributed by atoms with E-state index in [4.69, 9.17) is 14.2 Å². The molecule has 0 radical (unpaired) electrons. The highest BCUT2D eigenvalue weighted by molar-refractivity contribution is 6.76. The van der Waals surface area contributed by atoms with E-state index in [2.05, 4.69) is 24.6 Å². The summed E-state index contributed by atoms with van der Waals surface area (Å²) in [4.78, 5) is 18.1. The van der Waals surface area contributed by atoms with Crippen molar-refractivity contribution in [3.8, 4) is 0 Å². The molecule has 2 aromatic rings. The van der Waals surface area contributed by atoms with Crippen molar-refractivity contribution in [1.82, 2.24) is 9.55 Å². The first-order valence-electron chi connectivity index (χ1n) is 9.43. The molecule has 0 bridgehead atoms. The Morgan fingerprint density at radius 3 is 2.57 bits per heavy atom. The highest BCUT2D eigenvalue weighted by Gasteiger charge is 2.27. The van der Waals surface area contributed by atoms with Gasteiger partial charge < -0.3 is 24.2 Å². The number of rotatable bonds is 8. The average molecular weight is 408 g/mol. The third kappa shape index (κ3) is 4.54. The normalized spacial score (nSPS) is 15.5. The van der Waals surface area contributed by atoms with Crippen LogP contribution < -0.4 is 4.90 Å². The molecule has 1 aromatic heterocycles. The van der Waals surface area contributed by atoms with E-state index in [1.165, 1.54) is 0 Å². The van der Waals surface area contributed by atoms with Gasteiger partial charge in [0.25, 0.3) is 0 Å². The SMILES string of the molecule is CN(C)c1nc2cc(C(=O)O)cc(C3OCCO3)c2n1COCC[Si](C)(C)C. The summed E-state index contributed by atoms with van der Waals surface area (Å²) in [5, 5.41) is 9.50. The lowest BCUT2D eigenvalue weighted by molar-refractivity contribution is -0.0434. The van der Waals surface area contributed by atoms with Crippen LogP contribution >= 0.6 is 0 Å². The van der Waals surface area contributed by atoms with Crippen LogP contribution in [0.15, 0.2) is 12.1 Å². The molecule has 2 heterocycles. The number of aromatic nitrogens is 2. The van der Waals surface area contributed by atoms with E-state index in [1.54, 1.807) is 12.1 Å². The van der Waals surface area contributed by atoms with Gasteiger partial charge in [-0.3, -0.25) is 4.57 Å². The second-order valence-corrected chi connectivity index (χ2v) is 14.0. The number of ether oxygens (including phenoxy) is 3. The molecule has 1 aromatic carbocycles. The van der Waals surface area contributed by atoms with Crippen molar-refractivity contribution in [3.05, 3.63) is 23.3 Å². The molecule has 0 aliphatic carbocycles. The number of imidazole rings is 1. The maximum Gasteiger partial charge on any atom is 0.335 e. The summed E-state index contributed by atoms with van der Waals surface area (Å²) in [7, 11) is 2.62. The van der Waals surface area contributed by atoms with E-state index < -0.39 is 20.3 Å². The number of hydrogen-bond acceptors (Lipinski definition) is 6. The van der Waals surface area contributed by atoms with Gasteiger partial charge in [-0.05, 0) is 18.2 Å². The summed E-state index contributed by atoms with van der Waals surface area (Å²) < 4.78 is 19.3. The number of nitrogens with zero attached hydrogens (tertiary/aromatic N) is 3. The fraction of sp³-hybridized carbons (Fsp3) is 0.579. The fourth-order valence-electron chi connectivity index (χ4n) is 3.13. The monoisotopic (exact) mass is 407 g/mol. The Morgan fingerprint density at radius 1 is 1.32 bits per heavy atom. The minimum atomic E-state index is -1.19. The van der Waals surface area contributed by atoms with Crippen molar-refractivity contribution >= 4 is 31.0 Å². The quantitative estimate of drug-likeness (QED) is 0.531. The zero-order chi connectivity index (χ0) is 20.5. The Morgan fingerprint density at radius 2 is 2.00 bits per heavy atom. The Balaban J connectivity index is 2.04. The highest BCUT2D eigenvalue weighted by atomic mass is 28.3. The topological polar surface area (TPSA) is 86.1 Å². The van der Waals surface area contributed by atoms with Gasteiger partial charge in [0.2, 0.25) is 5.95 Å². The second-order valence-electron chi connectivity index (χ2n) is 8.39. The Bertz CT molecular complexity index is 853. The van der Waals surface area contributed by atoms with E-state index in [9.17, 15) is 9.90 Å². The number of carboxylic acid groups (broad SMARTS) is 1. The zero-order valence-corrected chi connectivity index (χ0v) is 18.2. The smallest absolute Gasteiger partial charge is 0.335 e. The van der Waals surface area contributed by atoms with Crippen LogP contribution in [0.4, 0.5) is 5.95 Å². The van der Waals surface area contributed by atoms with Gasteiger partial charge >= 0.3 is 5.97 Å². The maximum atomic E-state index is 11.6. The number of fused-ring (bicyclic) bond motifs is 1. The molecular formula is C19H29N3O5Si. The van der Waals surface area contributed by atoms with Gasteiger partial charge in [0, 0.05) is 34.3 Å². The Kier molecular flexibility index (Phi) is 6.09. The highest BCUT2D eigenvalue weighted by Crippen LogP contribution is 2.34. The van der Waals surface area contributed by atoms with Crippen LogP contribution in [0.2, 0.25) is 25.7 Å². The largest absolute Gasteiger partial charge is 0.478 e. The van der Waals surface area contributed by atoms with Crippen molar-refractivity contribution in [3.63, 3.8) is 0 Å². The van der Waals surface area contributed by atoms with Gasteiger partial charge in [-0.25, -0.2) is 9.78 Å². The first kappa shape index (κ1) is 20.8. The average Bonchev–Trinajstić information content (AvgIpc) is 3.25. The lowest BCUT2D eigenvalue weighted by atomic mass is 10.1. The molecule has 0 amide bonds. The van der Waals surface area contributed by atoms with Crippen LogP contribution in [-0.4, -0.2) is 62.6 Å². The van der Waals surface area contributed by atoms with Gasteiger partial charge in [0.15, 0.2) is 6.29 Å². The summed E-state index contributed by atoms with van der Waals surface area (Å²) in [6.45, 7) is 8.91. The van der Waals surface area contributed by atoms with Crippen LogP contribution in [0.25, 0.3) is 11.0 Å². The molecule has 1 aliphatic rings. The standard InChI is InChI=1S/C19H29N3O5Si/c1-21(2)19-20-15-11-13(17(23)24)10-14(18-26-6-7-27-18)16(15)22(19)12-25-8-9-28(3,4)5/h10-11,18H,6-9,12H2,1-5H3,(H,23,24). The van der Waals surface area contributed by atoms with Gasteiger partial charge in [-0.2, -0.15) is 0 Å². The molecule has 8 nitrogen and oxygen atoms in total. The molecule has 1 saturated heterocycles. The van der Waals surface area contributed by atoms with Gasteiger partial charge in [-0.1, -0.05) is 19.6 Å². The lowest BCUT2D eigenvalue weighted by Crippen LogP contribution is -2.22. The van der Waals surface area contributed by atoms with E-state index in [0.29, 0.717) is 43.6 Å². The van der Waals surface area contributed by atoms with Crippen molar-refractivity contribution in [1.29, 1.82) is 0 Å². The van der Waals surface area contributed by atoms with Crippen LogP contribution in [0.3, 0.4) is 0 Å². The number of hydrogen-bond donors (Lipinski definition) is 1. The Labute approximate surface area is 166 Å². The first-order chi connectivity index (χ1) is 13.2. The number of aromatic carboxylic acids is 1. The van der Waals surface area contributed by atoms with Crippen molar-refractivity contribution in [2.24, 2.45) is 0 Å². The lowest BCUT2D eigenvalue weighted by Gasteiger charge is -2.19. The van der Waals surface area contributed by atoms with E-state index >= 15 is 0 Å². The molecule has 0 unspecified atom stereocenters. The van der Waals surface area contributed by atoms with Crippen LogP contribution in [-0.2, 0) is 20.9 Å². The number of benzene rings is 1. The maximum absolute atomic E-state index is 11.6. The number of carboxylic acids is 1. The molecule has 1 aliphatic heterocycles. The van der Waals surface area contributed by atoms with Crippen molar-refractivity contribution in [2.75, 3.05) is 38.8 Å². The third-order valence-electron chi connectivity index (χ3n) is 4.59. The molecule has 1 N–H and O–H groups in total. The predicted octanol–water partition coefficient (Wildman–Crippen LogP) is 3.16. The first-order valence-corrected chi connectivity index (χ1v) is 13.1. The minimum absolute atomic E-state index is 0.163. The van der Waals surface area contributed by atoms with Gasteiger partial charge in [-0.15, -0.1) is 0 Å². The van der Waals surface area contributed by atoms with Gasteiger partial charge in [0.1, 0.15) is 6.73 Å². The summed E-state index contributed by atoms with van der Waals surface area (Å²) >= 11 is 0. The molecule has 3 rings (SSSR count). The summed E-state index contributed by atoms with van der Waals surface area (Å²) in [6, 6.07) is 4.27. The molecule has 1 fully saturated rings. The molecule has 28 heavy (non-hydrogen) atoms. The zero-order valence-electron chi connectivity index (χ0n) is 17.2. The summed E-state index contributed by atoms with van der Waals surface area (Å²) in [5.74, 6) is -0.307.